The number of nitrogens with one attached hydrogen (secondary N) is 1. The number of aryl methyl sites for hydroxylation is 1. The van der Waals surface area contributed by atoms with Crippen molar-refractivity contribution in [3.8, 4) is 0 Å². The molecule has 2 aromatic rings. The first-order valence-corrected chi connectivity index (χ1v) is 10.4. The van der Waals surface area contributed by atoms with E-state index in [1.807, 2.05) is 0 Å². The smallest absolute Gasteiger partial charge is 0.352 e. The molecule has 1 fully saturated rings. The molecule has 3 rings (SSSR count). The number of rotatable bonds is 9. The van der Waals surface area contributed by atoms with Gasteiger partial charge in [0, 0.05) is 18.2 Å². The molecule has 1 aliphatic heterocycles. The molecule has 14 nitrogen and oxygen atoms in total. The minimum absolute atomic E-state index is 0.0155. The molecule has 0 spiro atoms. The van der Waals surface area contributed by atoms with Crippen molar-refractivity contribution in [2.75, 3.05) is 25.1 Å². The molecule has 3 heterocycles. The van der Waals surface area contributed by atoms with Gasteiger partial charge in [0.2, 0.25) is 5.16 Å². The van der Waals surface area contributed by atoms with Crippen LogP contribution in [0.25, 0.3) is 0 Å². The van der Waals surface area contributed by atoms with Gasteiger partial charge in [-0.1, -0.05) is 16.9 Å². The van der Waals surface area contributed by atoms with Gasteiger partial charge in [-0.15, -0.1) is 16.4 Å². The lowest BCUT2D eigenvalue weighted by Crippen LogP contribution is -2.64. The van der Waals surface area contributed by atoms with Gasteiger partial charge in [-0.3, -0.25) is 9.59 Å². The Morgan fingerprint density at radius 3 is 2.87 bits per heavy atom. The average Bonchev–Trinajstić information content (AvgIpc) is 3.34. The molecular formula is C15H17N9O5S2. The molecule has 2 amide bonds. The molecule has 1 aliphatic rings. The topological polar surface area (TPSA) is 191 Å². The predicted molar refractivity (Wildman–Crippen MR) is 109 cm³/mol. The molecule has 0 aliphatic carbocycles. The van der Waals surface area contributed by atoms with Crippen LogP contribution in [0.2, 0.25) is 0 Å². The van der Waals surface area contributed by atoms with Crippen LogP contribution in [-0.2, 0) is 26.3 Å². The number of carbonyl (C=O) groups is 3. The van der Waals surface area contributed by atoms with E-state index < -0.39 is 23.8 Å². The van der Waals surface area contributed by atoms with E-state index in [4.69, 9.17) is 5.73 Å². The normalized spacial score (nSPS) is 16.8. The van der Waals surface area contributed by atoms with Crippen molar-refractivity contribution in [1.29, 1.82) is 0 Å². The zero-order valence-corrected chi connectivity index (χ0v) is 17.9. The summed E-state index contributed by atoms with van der Waals surface area (Å²) in [5.74, 6) is -2.31. The second-order valence-corrected chi connectivity index (χ2v) is 7.84. The Bertz CT molecular complexity index is 1060. The van der Waals surface area contributed by atoms with Gasteiger partial charge in [0.15, 0.2) is 10.8 Å². The number of nitrogens with zero attached hydrogens (tertiary/aromatic N) is 7. The molecular weight excluding hydrogens is 450 g/mol. The second kappa shape index (κ2) is 9.52. The fourth-order valence-electron chi connectivity index (χ4n) is 2.52. The highest BCUT2D eigenvalue weighted by molar-refractivity contribution is 7.99. The monoisotopic (exact) mass is 467 g/mol. The first-order valence-electron chi connectivity index (χ1n) is 8.55. The van der Waals surface area contributed by atoms with Crippen LogP contribution in [-0.4, -0.2) is 84.1 Å². The summed E-state index contributed by atoms with van der Waals surface area (Å²) >= 11 is 2.32. The van der Waals surface area contributed by atoms with Gasteiger partial charge >= 0.3 is 5.97 Å². The van der Waals surface area contributed by atoms with Crippen LogP contribution in [0, 0.1) is 0 Å². The van der Waals surface area contributed by atoms with Crippen LogP contribution in [0.5, 0.6) is 0 Å². The number of aromatic nitrogens is 5. The summed E-state index contributed by atoms with van der Waals surface area (Å²) < 4.78 is 1.44. The number of carboxylic acid groups (broad SMARTS) is 1. The van der Waals surface area contributed by atoms with E-state index in [-0.39, 0.29) is 34.5 Å². The van der Waals surface area contributed by atoms with E-state index in [9.17, 15) is 19.5 Å². The number of aliphatic carboxylic acids is 1. The number of β-lactam (4-membered cyclic amide) rings is 1. The minimum atomic E-state index is -1.27. The first kappa shape index (κ1) is 22.2. The number of thioether (sulfide) groups is 1. The molecule has 1 atom stereocenters. The molecule has 16 heteroatoms. The number of carboxylic acids is 1. The molecule has 1 unspecified atom stereocenters. The number of thiazole rings is 1. The van der Waals surface area contributed by atoms with Gasteiger partial charge in [0.1, 0.15) is 24.5 Å². The predicted octanol–water partition coefficient (Wildman–Crippen LogP) is -1.31. The molecule has 1 saturated heterocycles. The van der Waals surface area contributed by atoms with Crippen LogP contribution < -0.4 is 11.1 Å². The second-order valence-electron chi connectivity index (χ2n) is 5.96. The standard InChI is InChI=1S/C15H17N9O5S2/c1-23-15(19-21-22-23)30-4-3-9(13(27)28)24-5-7(12(24)26)17-11(25)10(20-29-2)8-6-31-14(16)18-8/h3,6-7H,4-5H2,1-2H3,(H2,16,18)(H,17,25)(H,27,28)/b9-3-,20-10-. The highest BCUT2D eigenvalue weighted by Gasteiger charge is 2.42. The molecule has 0 bridgehead atoms. The maximum absolute atomic E-state index is 12.5. The Morgan fingerprint density at radius 1 is 1.55 bits per heavy atom. The van der Waals surface area contributed by atoms with Crippen molar-refractivity contribution >= 4 is 51.7 Å². The molecule has 4 N–H and O–H groups in total. The van der Waals surface area contributed by atoms with E-state index in [2.05, 4.69) is 35.8 Å². The van der Waals surface area contributed by atoms with Crippen molar-refractivity contribution in [1.82, 2.24) is 35.4 Å². The van der Waals surface area contributed by atoms with E-state index >= 15 is 0 Å². The number of hydrogen-bond acceptors (Lipinski definition) is 12. The molecule has 31 heavy (non-hydrogen) atoms. The number of anilines is 1. The van der Waals surface area contributed by atoms with Crippen molar-refractivity contribution in [2.45, 2.75) is 11.2 Å². The van der Waals surface area contributed by atoms with E-state index in [1.165, 1.54) is 35.0 Å². The largest absolute Gasteiger partial charge is 0.477 e. The summed E-state index contributed by atoms with van der Waals surface area (Å²) in [5, 5.41) is 28.8. The number of tetrazole rings is 1. The van der Waals surface area contributed by atoms with Crippen LogP contribution in [0.4, 0.5) is 5.13 Å². The van der Waals surface area contributed by atoms with Crippen molar-refractivity contribution in [3.63, 3.8) is 0 Å². The Hall–Kier alpha value is -3.53. The first-order chi connectivity index (χ1) is 14.8. The summed E-state index contributed by atoms with van der Waals surface area (Å²) in [6, 6.07) is -0.913. The number of likely N-dealkylation sites (tertiary alicyclic amines) is 1. The summed E-state index contributed by atoms with van der Waals surface area (Å²) in [5.41, 5.74) is 5.43. The average molecular weight is 467 g/mol. The number of carbonyl (C=O) groups excluding carboxylic acids is 2. The lowest BCUT2D eigenvalue weighted by molar-refractivity contribution is -0.148. The lowest BCUT2D eigenvalue weighted by Gasteiger charge is -2.38. The molecule has 2 aromatic heterocycles. The fourth-order valence-corrected chi connectivity index (χ4v) is 3.78. The molecule has 164 valence electrons. The third kappa shape index (κ3) is 4.97. The zero-order valence-electron chi connectivity index (χ0n) is 16.3. The van der Waals surface area contributed by atoms with E-state index in [1.54, 1.807) is 7.05 Å². The van der Waals surface area contributed by atoms with Gasteiger partial charge in [-0.2, -0.15) is 0 Å². The van der Waals surface area contributed by atoms with Crippen LogP contribution in [0.1, 0.15) is 5.69 Å². The summed E-state index contributed by atoms with van der Waals surface area (Å²) in [6.07, 6.45) is 1.38. The maximum Gasteiger partial charge on any atom is 0.352 e. The third-order valence-corrected chi connectivity index (χ3v) is 5.59. The van der Waals surface area contributed by atoms with Crippen LogP contribution >= 0.6 is 23.1 Å². The van der Waals surface area contributed by atoms with Gasteiger partial charge in [-0.05, 0) is 16.5 Å². The van der Waals surface area contributed by atoms with Crippen LogP contribution in [0.3, 0.4) is 0 Å². The zero-order chi connectivity index (χ0) is 22.5. The number of nitrogens with two attached hydrogens (primary N) is 1. The SMILES string of the molecule is CO/N=C(\C(=O)NC1CN(/C(=C\CSc2nnnn2C)C(=O)O)C1=O)c1csc(N)n1. The quantitative estimate of drug-likeness (QED) is 0.130. The highest BCUT2D eigenvalue weighted by Crippen LogP contribution is 2.21. The molecule has 0 radical (unpaired) electrons. The maximum atomic E-state index is 12.5. The minimum Gasteiger partial charge on any atom is -0.477 e. The Labute approximate surface area is 183 Å². The number of amides is 2. The van der Waals surface area contributed by atoms with Crippen molar-refractivity contribution in [3.05, 3.63) is 22.8 Å². The lowest BCUT2D eigenvalue weighted by atomic mass is 10.1. The van der Waals surface area contributed by atoms with Gasteiger partial charge in [0.25, 0.3) is 11.8 Å². The van der Waals surface area contributed by atoms with Crippen LogP contribution in [0.15, 0.2) is 27.5 Å². The summed E-state index contributed by atoms with van der Waals surface area (Å²) in [7, 11) is 2.91. The van der Waals surface area contributed by atoms with Gasteiger partial charge in [0.05, 0.1) is 6.54 Å². The van der Waals surface area contributed by atoms with E-state index in [0.717, 1.165) is 16.2 Å². The molecule has 0 saturated carbocycles. The Balaban J connectivity index is 1.62. The number of nitrogen functional groups attached to an aromatic ring is 1. The van der Waals surface area contributed by atoms with E-state index in [0.29, 0.717) is 5.16 Å². The number of hydrogen-bond donors (Lipinski definition) is 3. The van der Waals surface area contributed by atoms with Gasteiger partial charge < -0.3 is 25.9 Å². The summed E-state index contributed by atoms with van der Waals surface area (Å²) in [6.45, 7) is -0.0155. The molecule has 0 aromatic carbocycles. The summed E-state index contributed by atoms with van der Waals surface area (Å²) in [4.78, 5) is 46.3. The Morgan fingerprint density at radius 2 is 2.32 bits per heavy atom. The fraction of sp³-hybridized carbons (Fsp3) is 0.333. The number of oxime groups is 1. The highest BCUT2D eigenvalue weighted by atomic mass is 32.2. The van der Waals surface area contributed by atoms with Crippen molar-refractivity contribution in [2.24, 2.45) is 12.2 Å². The Kier molecular flexibility index (Phi) is 6.81. The van der Waals surface area contributed by atoms with Gasteiger partial charge in [-0.25, -0.2) is 14.5 Å². The third-order valence-electron chi connectivity index (χ3n) is 3.98. The van der Waals surface area contributed by atoms with Crippen molar-refractivity contribution < 1.29 is 24.3 Å².